The van der Waals surface area contributed by atoms with Gasteiger partial charge in [-0.05, 0) is 19.4 Å². The molecule has 0 radical (unpaired) electrons. The van der Waals surface area contributed by atoms with Crippen molar-refractivity contribution in [2.45, 2.75) is 25.2 Å². The summed E-state index contributed by atoms with van der Waals surface area (Å²) >= 11 is 0. The monoisotopic (exact) mass is 218 g/mol. The molecule has 2 aliphatic rings. The zero-order valence-electron chi connectivity index (χ0n) is 9.38. The van der Waals surface area contributed by atoms with Crippen LogP contribution in [0.3, 0.4) is 0 Å². The van der Waals surface area contributed by atoms with Crippen LogP contribution >= 0.6 is 0 Å². The Hall–Kier alpha value is -0.220. The largest absolute Gasteiger partial charge is 0.304 e. The molecule has 0 N–H and O–H groups in total. The molecule has 0 aromatic heterocycles. The molecule has 0 unspecified atom stereocenters. The van der Waals surface area contributed by atoms with E-state index >= 15 is 0 Å². The molecule has 15 heavy (non-hydrogen) atoms. The van der Waals surface area contributed by atoms with Crippen molar-refractivity contribution in [2.24, 2.45) is 5.92 Å². The molecule has 1 saturated carbocycles. The molecule has 1 aliphatic carbocycles. The van der Waals surface area contributed by atoms with Crippen molar-refractivity contribution in [3.05, 3.63) is 0 Å². The average Bonchev–Trinajstić information content (AvgIpc) is 2.50. The van der Waals surface area contributed by atoms with Gasteiger partial charge in [-0.15, -0.1) is 0 Å². The highest BCUT2D eigenvalue weighted by atomic mass is 19.3. The van der Waals surface area contributed by atoms with E-state index in [1.54, 1.807) is 0 Å². The molecule has 1 atom stereocenters. The number of piperazine rings is 1. The summed E-state index contributed by atoms with van der Waals surface area (Å²) in [7, 11) is 2.11. The minimum Gasteiger partial charge on any atom is -0.304 e. The van der Waals surface area contributed by atoms with Gasteiger partial charge in [-0.1, -0.05) is 0 Å². The van der Waals surface area contributed by atoms with Crippen LogP contribution in [0.15, 0.2) is 0 Å². The van der Waals surface area contributed by atoms with E-state index in [0.717, 1.165) is 32.7 Å². The molecule has 88 valence electrons. The van der Waals surface area contributed by atoms with E-state index < -0.39 is 5.92 Å². The molecule has 4 heteroatoms. The topological polar surface area (TPSA) is 6.48 Å². The lowest BCUT2D eigenvalue weighted by atomic mass is 10.1. The number of halogens is 2. The molecule has 0 aromatic carbocycles. The van der Waals surface area contributed by atoms with Gasteiger partial charge in [0.05, 0.1) is 0 Å². The van der Waals surface area contributed by atoms with Crippen molar-refractivity contribution in [1.29, 1.82) is 0 Å². The van der Waals surface area contributed by atoms with Gasteiger partial charge in [0.1, 0.15) is 0 Å². The summed E-state index contributed by atoms with van der Waals surface area (Å²) in [6, 6.07) is 0. The number of likely N-dealkylation sites (N-methyl/N-ethyl adjacent to an activating group) is 1. The Labute approximate surface area is 90.2 Å². The third-order valence-electron chi connectivity index (χ3n) is 3.62. The first-order chi connectivity index (χ1) is 7.05. The van der Waals surface area contributed by atoms with Gasteiger partial charge >= 0.3 is 0 Å². The van der Waals surface area contributed by atoms with Gasteiger partial charge in [-0.3, -0.25) is 0 Å². The lowest BCUT2D eigenvalue weighted by Crippen LogP contribution is -2.45. The fourth-order valence-electron chi connectivity index (χ4n) is 2.59. The Balaban J connectivity index is 1.74. The Morgan fingerprint density at radius 3 is 2.40 bits per heavy atom. The molecule has 0 amide bonds. The van der Waals surface area contributed by atoms with E-state index in [2.05, 4.69) is 16.8 Å². The quantitative estimate of drug-likeness (QED) is 0.695. The lowest BCUT2D eigenvalue weighted by molar-refractivity contribution is 0.00271. The Kier molecular flexibility index (Phi) is 3.26. The summed E-state index contributed by atoms with van der Waals surface area (Å²) in [4.78, 5) is 4.63. The highest BCUT2D eigenvalue weighted by Crippen LogP contribution is 2.39. The highest BCUT2D eigenvalue weighted by molar-refractivity contribution is 4.84. The molecular weight excluding hydrogens is 198 g/mol. The second kappa shape index (κ2) is 4.34. The Morgan fingerprint density at radius 1 is 1.20 bits per heavy atom. The number of alkyl halides is 2. The fraction of sp³-hybridized carbons (Fsp3) is 1.00. The number of hydrogen-bond donors (Lipinski definition) is 0. The van der Waals surface area contributed by atoms with Gasteiger partial charge in [0.15, 0.2) is 0 Å². The summed E-state index contributed by atoms with van der Waals surface area (Å²) in [5.74, 6) is -2.15. The second-order valence-electron chi connectivity index (χ2n) is 5.07. The van der Waals surface area contributed by atoms with E-state index in [4.69, 9.17) is 0 Å². The molecule has 0 spiro atoms. The average molecular weight is 218 g/mol. The maximum atomic E-state index is 13.0. The van der Waals surface area contributed by atoms with Gasteiger partial charge in [0.25, 0.3) is 0 Å². The van der Waals surface area contributed by atoms with Crippen molar-refractivity contribution in [1.82, 2.24) is 9.80 Å². The number of rotatable bonds is 2. The standard InChI is InChI=1S/C11H20F2N2/c1-14-4-6-15(7-5-14)9-10-2-3-11(12,13)8-10/h10H,2-9H2,1H3/t10-/m1/s1. The zero-order chi connectivity index (χ0) is 10.9. The summed E-state index contributed by atoms with van der Waals surface area (Å²) in [6.45, 7) is 5.10. The van der Waals surface area contributed by atoms with Gasteiger partial charge in [-0.2, -0.15) is 0 Å². The molecule has 0 aromatic rings. The van der Waals surface area contributed by atoms with Crippen LogP contribution in [0.4, 0.5) is 8.78 Å². The molecule has 2 nitrogen and oxygen atoms in total. The molecule has 2 fully saturated rings. The molecular formula is C11H20F2N2. The van der Waals surface area contributed by atoms with Gasteiger partial charge in [0, 0.05) is 45.6 Å². The Morgan fingerprint density at radius 2 is 1.87 bits per heavy atom. The first-order valence-corrected chi connectivity index (χ1v) is 5.84. The normalized spacial score (nSPS) is 33.4. The van der Waals surface area contributed by atoms with Crippen LogP contribution in [-0.2, 0) is 0 Å². The van der Waals surface area contributed by atoms with Gasteiger partial charge in [0.2, 0.25) is 5.92 Å². The van der Waals surface area contributed by atoms with Crippen molar-refractivity contribution < 1.29 is 8.78 Å². The summed E-state index contributed by atoms with van der Waals surface area (Å²) < 4.78 is 26.0. The third-order valence-corrected chi connectivity index (χ3v) is 3.62. The summed E-state index contributed by atoms with van der Waals surface area (Å²) in [5.41, 5.74) is 0. The van der Waals surface area contributed by atoms with Crippen LogP contribution < -0.4 is 0 Å². The Bertz CT molecular complexity index is 213. The lowest BCUT2D eigenvalue weighted by Gasteiger charge is -2.33. The minimum atomic E-state index is -2.38. The molecule has 0 bridgehead atoms. The second-order valence-corrected chi connectivity index (χ2v) is 5.07. The van der Waals surface area contributed by atoms with Crippen LogP contribution in [0.25, 0.3) is 0 Å². The van der Waals surface area contributed by atoms with Gasteiger partial charge in [-0.25, -0.2) is 8.78 Å². The van der Waals surface area contributed by atoms with Crippen molar-refractivity contribution >= 4 is 0 Å². The van der Waals surface area contributed by atoms with Crippen LogP contribution in [0.1, 0.15) is 19.3 Å². The van der Waals surface area contributed by atoms with E-state index in [9.17, 15) is 8.78 Å². The maximum Gasteiger partial charge on any atom is 0.248 e. The first-order valence-electron chi connectivity index (χ1n) is 5.84. The molecule has 1 saturated heterocycles. The molecule has 1 heterocycles. The summed E-state index contributed by atoms with van der Waals surface area (Å²) in [6.07, 6.45) is 0.921. The van der Waals surface area contributed by atoms with Crippen LogP contribution in [0.5, 0.6) is 0 Å². The zero-order valence-corrected chi connectivity index (χ0v) is 9.38. The minimum absolute atomic E-state index is 0.103. The first kappa shape index (κ1) is 11.3. The van der Waals surface area contributed by atoms with Crippen molar-refractivity contribution in [3.63, 3.8) is 0 Å². The predicted octanol–water partition coefficient (Wildman–Crippen LogP) is 1.67. The van der Waals surface area contributed by atoms with E-state index in [-0.39, 0.29) is 18.8 Å². The van der Waals surface area contributed by atoms with E-state index in [0.29, 0.717) is 6.42 Å². The van der Waals surface area contributed by atoms with Crippen LogP contribution in [0, 0.1) is 5.92 Å². The predicted molar refractivity (Wildman–Crippen MR) is 56.2 cm³/mol. The number of hydrogen-bond acceptors (Lipinski definition) is 2. The molecule has 2 rings (SSSR count). The van der Waals surface area contributed by atoms with Crippen molar-refractivity contribution in [3.8, 4) is 0 Å². The SMILES string of the molecule is CN1CCN(C[C@@H]2CCC(F)(F)C2)CC1. The smallest absolute Gasteiger partial charge is 0.248 e. The fourth-order valence-corrected chi connectivity index (χ4v) is 2.59. The highest BCUT2D eigenvalue weighted by Gasteiger charge is 2.39. The van der Waals surface area contributed by atoms with Crippen LogP contribution in [0.2, 0.25) is 0 Å². The summed E-state index contributed by atoms with van der Waals surface area (Å²) in [5, 5.41) is 0. The maximum absolute atomic E-state index is 13.0. The van der Waals surface area contributed by atoms with E-state index in [1.807, 2.05) is 0 Å². The van der Waals surface area contributed by atoms with Crippen LogP contribution in [-0.4, -0.2) is 55.5 Å². The molecule has 1 aliphatic heterocycles. The van der Waals surface area contributed by atoms with Gasteiger partial charge < -0.3 is 9.80 Å². The van der Waals surface area contributed by atoms with E-state index in [1.165, 1.54) is 0 Å². The van der Waals surface area contributed by atoms with Crippen molar-refractivity contribution in [2.75, 3.05) is 39.8 Å². The third kappa shape index (κ3) is 3.11. The number of nitrogens with zero attached hydrogens (tertiary/aromatic N) is 2.